The molecule has 0 aliphatic carbocycles. The number of anilines is 2. The molecular weight excluding hydrogens is 262 g/mol. The van der Waals surface area contributed by atoms with Crippen LogP contribution in [0.5, 0.6) is 0 Å². The number of sulfone groups is 1. The van der Waals surface area contributed by atoms with E-state index in [2.05, 4.69) is 10.3 Å². The fraction of sp³-hybridized carbons (Fsp3) is 0.308. The van der Waals surface area contributed by atoms with Crippen molar-refractivity contribution in [2.24, 2.45) is 0 Å². The predicted octanol–water partition coefficient (Wildman–Crippen LogP) is 1.66. The Hall–Kier alpha value is -1.82. The van der Waals surface area contributed by atoms with Crippen molar-refractivity contribution in [2.45, 2.75) is 6.42 Å². The van der Waals surface area contributed by atoms with Gasteiger partial charge in [-0.15, -0.1) is 0 Å². The Kier molecular flexibility index (Phi) is 3.90. The molecule has 0 saturated heterocycles. The van der Waals surface area contributed by atoms with Crippen LogP contribution in [-0.2, 0) is 9.84 Å². The second-order valence-electron chi connectivity index (χ2n) is 4.51. The first-order chi connectivity index (χ1) is 8.97. The van der Waals surface area contributed by atoms with Gasteiger partial charge in [0.05, 0.1) is 17.0 Å². The molecule has 2 rings (SSSR count). The molecule has 2 aromatic rings. The smallest absolute Gasteiger partial charge is 0.147 e. The molecule has 0 spiro atoms. The third-order valence-corrected chi connectivity index (χ3v) is 3.84. The van der Waals surface area contributed by atoms with Crippen LogP contribution in [0.3, 0.4) is 0 Å². The summed E-state index contributed by atoms with van der Waals surface area (Å²) in [4.78, 5) is 4.25. The van der Waals surface area contributed by atoms with Gasteiger partial charge in [-0.2, -0.15) is 0 Å². The first-order valence-corrected chi connectivity index (χ1v) is 8.08. The number of aromatic nitrogens is 1. The molecule has 0 saturated carbocycles. The molecule has 0 atom stereocenters. The van der Waals surface area contributed by atoms with Gasteiger partial charge in [0, 0.05) is 30.1 Å². The number of hydrogen-bond donors (Lipinski definition) is 2. The molecule has 3 N–H and O–H groups in total. The van der Waals surface area contributed by atoms with Crippen molar-refractivity contribution >= 4 is 32.1 Å². The Bertz CT molecular complexity index is 683. The monoisotopic (exact) mass is 279 g/mol. The van der Waals surface area contributed by atoms with Gasteiger partial charge in [-0.3, -0.25) is 4.98 Å². The number of rotatable bonds is 5. The van der Waals surface area contributed by atoms with Gasteiger partial charge < -0.3 is 11.1 Å². The van der Waals surface area contributed by atoms with Gasteiger partial charge >= 0.3 is 0 Å². The van der Waals surface area contributed by atoms with E-state index in [0.29, 0.717) is 18.7 Å². The Balaban J connectivity index is 2.11. The van der Waals surface area contributed by atoms with Crippen molar-refractivity contribution < 1.29 is 8.42 Å². The number of nitrogens with one attached hydrogen (secondary N) is 1. The summed E-state index contributed by atoms with van der Waals surface area (Å²) in [6.07, 6.45) is 3.52. The van der Waals surface area contributed by atoms with Crippen LogP contribution in [0.1, 0.15) is 6.42 Å². The number of hydrogen-bond acceptors (Lipinski definition) is 5. The van der Waals surface area contributed by atoms with E-state index in [-0.39, 0.29) is 5.75 Å². The maximum absolute atomic E-state index is 11.0. The Morgan fingerprint density at radius 1 is 1.32 bits per heavy atom. The van der Waals surface area contributed by atoms with Gasteiger partial charge in [0.25, 0.3) is 0 Å². The summed E-state index contributed by atoms with van der Waals surface area (Å²) in [7, 11) is -2.90. The highest BCUT2D eigenvalue weighted by Gasteiger charge is 2.05. The van der Waals surface area contributed by atoms with Crippen LogP contribution < -0.4 is 11.1 Å². The van der Waals surface area contributed by atoms with Crippen molar-refractivity contribution in [3.63, 3.8) is 0 Å². The number of nitrogens with two attached hydrogens (primary N) is 1. The van der Waals surface area contributed by atoms with E-state index in [1.165, 1.54) is 6.26 Å². The third-order valence-electron chi connectivity index (χ3n) is 2.81. The van der Waals surface area contributed by atoms with E-state index in [0.717, 1.165) is 16.6 Å². The van der Waals surface area contributed by atoms with Crippen molar-refractivity contribution in [1.29, 1.82) is 0 Å². The second kappa shape index (κ2) is 5.44. The quantitative estimate of drug-likeness (QED) is 0.642. The minimum absolute atomic E-state index is 0.186. The minimum atomic E-state index is -2.90. The fourth-order valence-electron chi connectivity index (χ4n) is 1.91. The van der Waals surface area contributed by atoms with Gasteiger partial charge in [-0.1, -0.05) is 0 Å². The van der Waals surface area contributed by atoms with Crippen LogP contribution in [0.25, 0.3) is 10.9 Å². The average Bonchev–Trinajstić information content (AvgIpc) is 2.36. The minimum Gasteiger partial charge on any atom is -0.397 e. The molecule has 0 fully saturated rings. The zero-order valence-corrected chi connectivity index (χ0v) is 11.6. The Morgan fingerprint density at radius 2 is 2.11 bits per heavy atom. The highest BCUT2D eigenvalue weighted by Crippen LogP contribution is 2.26. The van der Waals surface area contributed by atoms with Crippen LogP contribution in [0.15, 0.2) is 30.5 Å². The summed E-state index contributed by atoms with van der Waals surface area (Å²) >= 11 is 0. The van der Waals surface area contributed by atoms with Crippen LogP contribution in [0.2, 0.25) is 0 Å². The fourth-order valence-corrected chi connectivity index (χ4v) is 2.57. The molecule has 6 heteroatoms. The lowest BCUT2D eigenvalue weighted by atomic mass is 10.1. The summed E-state index contributed by atoms with van der Waals surface area (Å²) < 4.78 is 22.1. The van der Waals surface area contributed by atoms with Gasteiger partial charge in [0.15, 0.2) is 0 Å². The van der Waals surface area contributed by atoms with Gasteiger partial charge in [0.2, 0.25) is 0 Å². The lowest BCUT2D eigenvalue weighted by Crippen LogP contribution is -2.10. The number of nitrogens with zero attached hydrogens (tertiary/aromatic N) is 1. The van der Waals surface area contributed by atoms with Crippen molar-refractivity contribution in [2.75, 3.05) is 29.6 Å². The molecule has 0 aliphatic heterocycles. The lowest BCUT2D eigenvalue weighted by molar-refractivity contribution is 0.600. The van der Waals surface area contributed by atoms with Gasteiger partial charge in [-0.25, -0.2) is 8.42 Å². The molecule has 1 aromatic carbocycles. The van der Waals surface area contributed by atoms with E-state index < -0.39 is 9.84 Å². The molecule has 19 heavy (non-hydrogen) atoms. The summed E-state index contributed by atoms with van der Waals surface area (Å²) in [5.74, 6) is 0.186. The predicted molar refractivity (Wildman–Crippen MR) is 79.0 cm³/mol. The number of pyridine rings is 1. The summed E-state index contributed by atoms with van der Waals surface area (Å²) in [5, 5.41) is 4.17. The van der Waals surface area contributed by atoms with E-state index in [1.54, 1.807) is 12.3 Å². The highest BCUT2D eigenvalue weighted by atomic mass is 32.2. The molecule has 1 heterocycles. The van der Waals surface area contributed by atoms with Gasteiger partial charge in [-0.05, 0) is 30.7 Å². The average molecular weight is 279 g/mol. The molecule has 0 amide bonds. The van der Waals surface area contributed by atoms with Gasteiger partial charge in [0.1, 0.15) is 9.84 Å². The normalized spacial score (nSPS) is 11.6. The van der Waals surface area contributed by atoms with E-state index in [9.17, 15) is 8.42 Å². The van der Waals surface area contributed by atoms with Crippen molar-refractivity contribution in [3.05, 3.63) is 30.5 Å². The highest BCUT2D eigenvalue weighted by molar-refractivity contribution is 7.90. The molecule has 0 aliphatic rings. The molecule has 1 aromatic heterocycles. The summed E-state index contributed by atoms with van der Waals surface area (Å²) in [6.45, 7) is 0.598. The SMILES string of the molecule is CS(=O)(=O)CCCNc1ccc(N)c2ncccc12. The zero-order valence-electron chi connectivity index (χ0n) is 10.8. The Labute approximate surface area is 112 Å². The molecule has 102 valence electrons. The van der Waals surface area contributed by atoms with E-state index in [1.807, 2.05) is 18.2 Å². The molecule has 0 radical (unpaired) electrons. The van der Waals surface area contributed by atoms with Crippen molar-refractivity contribution in [1.82, 2.24) is 4.98 Å². The molecule has 0 bridgehead atoms. The maximum atomic E-state index is 11.0. The maximum Gasteiger partial charge on any atom is 0.147 e. The molecule has 5 nitrogen and oxygen atoms in total. The summed E-state index contributed by atoms with van der Waals surface area (Å²) in [5.41, 5.74) is 8.19. The zero-order chi connectivity index (χ0) is 13.9. The summed E-state index contributed by atoms with van der Waals surface area (Å²) in [6, 6.07) is 7.48. The van der Waals surface area contributed by atoms with Crippen molar-refractivity contribution in [3.8, 4) is 0 Å². The molecular formula is C13H17N3O2S. The lowest BCUT2D eigenvalue weighted by Gasteiger charge is -2.10. The van der Waals surface area contributed by atoms with E-state index in [4.69, 9.17) is 5.73 Å². The first kappa shape index (κ1) is 13.6. The first-order valence-electron chi connectivity index (χ1n) is 6.02. The van der Waals surface area contributed by atoms with Crippen LogP contribution in [0, 0.1) is 0 Å². The number of fused-ring (bicyclic) bond motifs is 1. The largest absolute Gasteiger partial charge is 0.397 e. The number of benzene rings is 1. The second-order valence-corrected chi connectivity index (χ2v) is 6.77. The molecule has 0 unspecified atom stereocenters. The van der Waals surface area contributed by atoms with Crippen LogP contribution in [0.4, 0.5) is 11.4 Å². The Morgan fingerprint density at radius 3 is 2.84 bits per heavy atom. The number of nitrogen functional groups attached to an aromatic ring is 1. The van der Waals surface area contributed by atoms with Crippen LogP contribution in [-0.4, -0.2) is 32.0 Å². The van der Waals surface area contributed by atoms with E-state index >= 15 is 0 Å². The third kappa shape index (κ3) is 3.57. The van der Waals surface area contributed by atoms with Crippen LogP contribution >= 0.6 is 0 Å². The standard InChI is InChI=1S/C13H17N3O2S/c1-19(17,18)9-3-8-15-12-6-5-11(14)13-10(12)4-2-7-16-13/h2,4-7,15H,3,8-9,14H2,1H3. The topological polar surface area (TPSA) is 85.1 Å².